The van der Waals surface area contributed by atoms with E-state index in [4.69, 9.17) is 11.6 Å². The highest BCUT2D eigenvalue weighted by molar-refractivity contribution is 6.36. The van der Waals surface area contributed by atoms with Crippen molar-refractivity contribution in [2.24, 2.45) is 0 Å². The number of imidazole rings is 1. The summed E-state index contributed by atoms with van der Waals surface area (Å²) >= 11 is 6.81. The highest BCUT2D eigenvalue weighted by atomic mass is 35.5. The summed E-state index contributed by atoms with van der Waals surface area (Å²) < 4.78 is 1.42. The number of aromatic nitrogens is 4. The Labute approximate surface area is 218 Å². The molecule has 3 N–H and O–H groups in total. The lowest BCUT2D eigenvalue weighted by atomic mass is 10.1. The van der Waals surface area contributed by atoms with Crippen LogP contribution in [0.25, 0.3) is 5.65 Å². The number of anilines is 4. The van der Waals surface area contributed by atoms with Gasteiger partial charge in [0.25, 0.3) is 5.91 Å². The topological polar surface area (TPSA) is 158 Å². The van der Waals surface area contributed by atoms with E-state index in [0.29, 0.717) is 65.6 Å². The summed E-state index contributed by atoms with van der Waals surface area (Å²) in [4.78, 5) is 24.9. The predicted molar refractivity (Wildman–Crippen MR) is 137 cm³/mol. The van der Waals surface area contributed by atoms with Crippen LogP contribution < -0.4 is 15.5 Å². The minimum Gasteiger partial charge on any atom is -0.381 e. The highest BCUT2D eigenvalue weighted by Gasteiger charge is 2.32. The van der Waals surface area contributed by atoms with Gasteiger partial charge in [-0.1, -0.05) is 11.6 Å². The number of aliphatic hydroxyl groups is 1. The van der Waals surface area contributed by atoms with Crippen molar-refractivity contribution in [2.45, 2.75) is 38.3 Å². The molecule has 0 radical (unpaired) electrons. The number of carbonyl (C=O) groups is 1. The number of hydrogen-bond acceptors (Lipinski definition) is 10. The second-order valence-corrected chi connectivity index (χ2v) is 10.0. The molecular weight excluding hydrogens is 496 g/mol. The van der Waals surface area contributed by atoms with Crippen LogP contribution in [0.1, 0.15) is 37.9 Å². The number of nitrogens with zero attached hydrogens (tertiary/aromatic N) is 8. The van der Waals surface area contributed by atoms with Crippen molar-refractivity contribution in [3.05, 3.63) is 34.6 Å². The molecule has 1 saturated heterocycles. The number of rotatable bonds is 6. The van der Waals surface area contributed by atoms with Gasteiger partial charge >= 0.3 is 0 Å². The van der Waals surface area contributed by atoms with E-state index in [0.717, 1.165) is 12.8 Å². The lowest BCUT2D eigenvalue weighted by Gasteiger charge is -2.38. The molecule has 12 nitrogen and oxygen atoms in total. The quantitative estimate of drug-likeness (QED) is 0.440. The summed E-state index contributed by atoms with van der Waals surface area (Å²) in [6.07, 6.45) is 3.49. The van der Waals surface area contributed by atoms with Crippen molar-refractivity contribution < 1.29 is 9.90 Å². The third kappa shape index (κ3) is 4.94. The zero-order valence-electron chi connectivity index (χ0n) is 20.4. The maximum atomic E-state index is 12.4. The third-order valence-corrected chi connectivity index (χ3v) is 6.65. The molecular formula is C24H25ClN10O2. The molecule has 2 fully saturated rings. The Kier molecular flexibility index (Phi) is 6.23. The van der Waals surface area contributed by atoms with Gasteiger partial charge in [-0.25, -0.2) is 4.98 Å². The average molecular weight is 521 g/mol. The van der Waals surface area contributed by atoms with Gasteiger partial charge < -0.3 is 25.5 Å². The highest BCUT2D eigenvalue weighted by Crippen LogP contribution is 2.37. The van der Waals surface area contributed by atoms with Crippen molar-refractivity contribution >= 4 is 46.3 Å². The first kappa shape index (κ1) is 24.6. The second-order valence-electron chi connectivity index (χ2n) is 9.63. The normalized spacial score (nSPS) is 15.8. The summed E-state index contributed by atoms with van der Waals surface area (Å²) in [5.41, 5.74) is 0.722. The van der Waals surface area contributed by atoms with Crippen LogP contribution in [-0.2, 0) is 4.79 Å². The number of piperazine rings is 1. The van der Waals surface area contributed by atoms with Gasteiger partial charge in [-0.2, -0.15) is 20.0 Å². The molecule has 37 heavy (non-hydrogen) atoms. The molecule has 2 aliphatic rings. The molecule has 3 aromatic rings. The SMILES string of the molecule is CC(C)(O)C(=O)N1CCN(c2cc(C#N)cc(Nc3nc(NC4CC4)c4ncc(C#N)n4n3)c2Cl)CC1. The number of nitrogens with one attached hydrogen (secondary N) is 2. The number of amides is 1. The predicted octanol–water partition coefficient (Wildman–Crippen LogP) is 2.26. The molecule has 2 aromatic heterocycles. The number of fused-ring (bicyclic) bond motifs is 1. The number of hydrogen-bond donors (Lipinski definition) is 3. The number of nitriles is 2. The van der Waals surface area contributed by atoms with E-state index in [9.17, 15) is 20.4 Å². The number of halogens is 1. The van der Waals surface area contributed by atoms with Gasteiger partial charge in [-0.05, 0) is 38.8 Å². The first-order valence-electron chi connectivity index (χ1n) is 11.9. The maximum absolute atomic E-state index is 12.4. The van der Waals surface area contributed by atoms with Gasteiger partial charge in [0, 0.05) is 32.2 Å². The largest absolute Gasteiger partial charge is 0.381 e. The van der Waals surface area contributed by atoms with E-state index >= 15 is 0 Å². The first-order chi connectivity index (χ1) is 17.7. The monoisotopic (exact) mass is 520 g/mol. The van der Waals surface area contributed by atoms with Crippen molar-refractivity contribution in [1.29, 1.82) is 10.5 Å². The van der Waals surface area contributed by atoms with E-state index in [1.165, 1.54) is 24.6 Å². The molecule has 1 aliphatic heterocycles. The van der Waals surface area contributed by atoms with Gasteiger partial charge in [0.1, 0.15) is 11.7 Å². The fourth-order valence-electron chi connectivity index (χ4n) is 4.18. The Morgan fingerprint density at radius 3 is 2.54 bits per heavy atom. The van der Waals surface area contributed by atoms with Gasteiger partial charge in [-0.15, -0.1) is 5.10 Å². The van der Waals surface area contributed by atoms with E-state index in [1.807, 2.05) is 4.90 Å². The van der Waals surface area contributed by atoms with Gasteiger partial charge in [0.05, 0.1) is 34.2 Å². The summed E-state index contributed by atoms with van der Waals surface area (Å²) in [5.74, 6) is 0.362. The zero-order chi connectivity index (χ0) is 26.3. The summed E-state index contributed by atoms with van der Waals surface area (Å²) in [5, 5.41) is 40.4. The average Bonchev–Trinajstić information content (AvgIpc) is 3.60. The Morgan fingerprint density at radius 1 is 1.19 bits per heavy atom. The minimum atomic E-state index is -1.44. The van der Waals surface area contributed by atoms with Crippen molar-refractivity contribution in [2.75, 3.05) is 41.7 Å². The van der Waals surface area contributed by atoms with Crippen LogP contribution in [0.15, 0.2) is 18.3 Å². The lowest BCUT2D eigenvalue weighted by Crippen LogP contribution is -2.54. The summed E-state index contributed by atoms with van der Waals surface area (Å²) in [6.45, 7) is 4.73. The van der Waals surface area contributed by atoms with Gasteiger partial charge in [0.2, 0.25) is 5.95 Å². The molecule has 0 atom stereocenters. The molecule has 190 valence electrons. The fraction of sp³-hybridized carbons (Fsp3) is 0.417. The Balaban J connectivity index is 1.44. The van der Waals surface area contributed by atoms with E-state index in [2.05, 4.69) is 37.8 Å². The molecule has 13 heteroatoms. The Hall–Kier alpha value is -4.13. The molecule has 1 aliphatic carbocycles. The molecule has 1 saturated carbocycles. The van der Waals surface area contributed by atoms with E-state index in [1.54, 1.807) is 17.0 Å². The third-order valence-electron chi connectivity index (χ3n) is 6.25. The molecule has 0 spiro atoms. The lowest BCUT2D eigenvalue weighted by molar-refractivity contribution is -0.148. The minimum absolute atomic E-state index is 0.189. The number of benzene rings is 1. The van der Waals surface area contributed by atoms with Gasteiger partial charge in [0.15, 0.2) is 17.2 Å². The van der Waals surface area contributed by atoms with E-state index < -0.39 is 5.60 Å². The van der Waals surface area contributed by atoms with Crippen LogP contribution in [0, 0.1) is 22.7 Å². The Bertz CT molecular complexity index is 1450. The van der Waals surface area contributed by atoms with Crippen LogP contribution in [0.4, 0.5) is 23.1 Å². The second kappa shape index (κ2) is 9.39. The van der Waals surface area contributed by atoms with Crippen LogP contribution in [-0.4, -0.2) is 73.3 Å². The first-order valence-corrected chi connectivity index (χ1v) is 12.3. The van der Waals surface area contributed by atoms with Crippen LogP contribution in [0.5, 0.6) is 0 Å². The van der Waals surface area contributed by atoms with Crippen LogP contribution >= 0.6 is 11.6 Å². The Morgan fingerprint density at radius 2 is 1.92 bits per heavy atom. The van der Waals surface area contributed by atoms with E-state index in [-0.39, 0.29) is 17.5 Å². The van der Waals surface area contributed by atoms with Crippen molar-refractivity contribution in [3.8, 4) is 12.1 Å². The van der Waals surface area contributed by atoms with Crippen LogP contribution in [0.2, 0.25) is 5.02 Å². The summed E-state index contributed by atoms with van der Waals surface area (Å²) in [7, 11) is 0. The smallest absolute Gasteiger partial charge is 0.254 e. The molecule has 0 bridgehead atoms. The molecule has 3 heterocycles. The number of carbonyl (C=O) groups excluding carboxylic acids is 1. The molecule has 0 unspecified atom stereocenters. The summed E-state index contributed by atoms with van der Waals surface area (Å²) in [6, 6.07) is 7.85. The van der Waals surface area contributed by atoms with Crippen LogP contribution in [0.3, 0.4) is 0 Å². The van der Waals surface area contributed by atoms with Crippen molar-refractivity contribution in [1.82, 2.24) is 24.5 Å². The fourth-order valence-corrected chi connectivity index (χ4v) is 4.46. The van der Waals surface area contributed by atoms with Gasteiger partial charge in [-0.3, -0.25) is 4.79 Å². The van der Waals surface area contributed by atoms with Crippen molar-refractivity contribution in [3.63, 3.8) is 0 Å². The molecule has 1 aromatic carbocycles. The molecule has 1 amide bonds. The zero-order valence-corrected chi connectivity index (χ0v) is 21.1. The maximum Gasteiger partial charge on any atom is 0.254 e. The molecule has 5 rings (SSSR count). The standard InChI is InChI=1S/C24H25ClN10O2/c1-24(2,37)22(36)34-7-5-33(6-8-34)18-10-14(11-26)9-17(19(18)25)30-23-31-20(29-15-3-4-15)21-28-13-16(12-27)35(21)32-23/h9-10,13,15,37H,3-8H2,1-2H3,(H2,29,30,31,32).